The van der Waals surface area contributed by atoms with Gasteiger partial charge in [-0.2, -0.15) is 5.06 Å². The molecule has 2 amide bonds. The minimum absolute atomic E-state index is 0.00305. The number of nitrogens with one attached hydrogen (secondary N) is 2. The molecule has 0 aromatic heterocycles. The van der Waals surface area contributed by atoms with Crippen molar-refractivity contribution in [1.29, 1.82) is 0 Å². The first-order valence-corrected chi connectivity index (χ1v) is 22.1. The molecule has 4 aliphatic heterocycles. The van der Waals surface area contributed by atoms with Gasteiger partial charge >= 0.3 is 11.9 Å². The number of hydrogen-bond acceptors (Lipinski definition) is 17. The third kappa shape index (κ3) is 9.42. The zero-order valence-corrected chi connectivity index (χ0v) is 35.8. The summed E-state index contributed by atoms with van der Waals surface area (Å²) in [5.41, 5.74) is -0.544. The number of ether oxygens (including phenoxy) is 6. The summed E-state index contributed by atoms with van der Waals surface area (Å²) in [5, 5.41) is 56.7. The van der Waals surface area contributed by atoms with Gasteiger partial charge in [0.2, 0.25) is 11.8 Å². The molecule has 0 spiro atoms. The minimum Gasteiger partial charge on any atom is -0.460 e. The molecule has 19 heteroatoms. The number of hydroxylamine groups is 2. The summed E-state index contributed by atoms with van der Waals surface area (Å²) >= 11 is 0. The van der Waals surface area contributed by atoms with Crippen molar-refractivity contribution in [2.75, 3.05) is 26.4 Å². The van der Waals surface area contributed by atoms with E-state index in [0.29, 0.717) is 0 Å². The van der Waals surface area contributed by atoms with Crippen LogP contribution in [0.25, 0.3) is 6.08 Å². The number of aliphatic hydroxyl groups is 5. The smallest absolute Gasteiger partial charge is 0.327 e. The molecule has 3 aliphatic carbocycles. The lowest BCUT2D eigenvalue weighted by molar-refractivity contribution is -0.298. The molecule has 12 atom stereocenters. The number of fused-ring (bicyclic) bond motifs is 4. The van der Waals surface area contributed by atoms with Gasteiger partial charge in [0, 0.05) is 37.6 Å². The van der Waals surface area contributed by atoms with Crippen molar-refractivity contribution < 1.29 is 78.0 Å². The fourth-order valence-electron chi connectivity index (χ4n) is 9.77. The maximum Gasteiger partial charge on any atom is 0.327 e. The summed E-state index contributed by atoms with van der Waals surface area (Å²) < 4.78 is 36.1. The third-order valence-corrected chi connectivity index (χ3v) is 13.1. The number of amides is 2. The second-order valence-electron chi connectivity index (χ2n) is 18.9. The quantitative estimate of drug-likeness (QED) is 0.0936. The van der Waals surface area contributed by atoms with Gasteiger partial charge in [0.25, 0.3) is 0 Å². The monoisotopic (exact) mass is 887 g/mol. The van der Waals surface area contributed by atoms with Crippen LogP contribution < -0.4 is 10.6 Å². The molecule has 63 heavy (non-hydrogen) atoms. The van der Waals surface area contributed by atoms with E-state index in [1.54, 1.807) is 32.9 Å². The first-order chi connectivity index (χ1) is 30.1. The van der Waals surface area contributed by atoms with Crippen molar-refractivity contribution in [3.05, 3.63) is 41.5 Å². The summed E-state index contributed by atoms with van der Waals surface area (Å²) in [4.78, 5) is 60.7. The normalized spacial score (nSPS) is 35.2. The fraction of sp³-hybridized carbons (Fsp3) is 0.727. The molecule has 3 saturated carbocycles. The van der Waals surface area contributed by atoms with E-state index in [1.807, 2.05) is 24.3 Å². The second kappa shape index (κ2) is 18.4. The van der Waals surface area contributed by atoms with E-state index in [1.165, 1.54) is 5.06 Å². The summed E-state index contributed by atoms with van der Waals surface area (Å²) in [7, 11) is 0. The number of carbonyl (C=O) groups is 4. The van der Waals surface area contributed by atoms with Gasteiger partial charge in [-0.25, -0.2) is 0 Å². The van der Waals surface area contributed by atoms with Crippen LogP contribution in [-0.4, -0.2) is 159 Å². The van der Waals surface area contributed by atoms with Crippen molar-refractivity contribution >= 4 is 29.8 Å². The van der Waals surface area contributed by atoms with Gasteiger partial charge in [-0.3, -0.25) is 24.0 Å². The van der Waals surface area contributed by atoms with Crippen LogP contribution >= 0.6 is 0 Å². The van der Waals surface area contributed by atoms with Crippen molar-refractivity contribution in [3.8, 4) is 0 Å². The number of benzene rings is 1. The van der Waals surface area contributed by atoms with E-state index in [2.05, 4.69) is 10.6 Å². The average molecular weight is 888 g/mol. The molecule has 1 aromatic rings. The van der Waals surface area contributed by atoms with Crippen LogP contribution in [0.4, 0.5) is 0 Å². The van der Waals surface area contributed by atoms with Crippen LogP contribution in [0.1, 0.15) is 83.3 Å². The molecule has 348 valence electrons. The maximum absolute atomic E-state index is 14.7. The van der Waals surface area contributed by atoms with E-state index in [9.17, 15) is 44.7 Å². The second-order valence-corrected chi connectivity index (χ2v) is 18.9. The van der Waals surface area contributed by atoms with Crippen LogP contribution in [0.2, 0.25) is 0 Å². The van der Waals surface area contributed by atoms with E-state index in [-0.39, 0.29) is 63.8 Å². The molecule has 12 unspecified atom stereocenters. The van der Waals surface area contributed by atoms with Gasteiger partial charge in [0.1, 0.15) is 59.8 Å². The van der Waals surface area contributed by atoms with E-state index >= 15 is 0 Å². The Morgan fingerprint density at radius 2 is 1.67 bits per heavy atom. The van der Waals surface area contributed by atoms with E-state index in [4.69, 9.17) is 33.3 Å². The lowest BCUT2D eigenvalue weighted by Crippen LogP contribution is -2.69. The molecule has 1 aromatic carbocycles. The molecule has 7 fully saturated rings. The van der Waals surface area contributed by atoms with Gasteiger partial charge in [0.15, 0.2) is 18.1 Å². The lowest BCUT2D eigenvalue weighted by atomic mass is 9.62. The molecular weight excluding hydrogens is 826 g/mol. The molecule has 19 nitrogen and oxygen atoms in total. The number of carbonyl (C=O) groups excluding carboxylic acids is 4. The predicted octanol–water partition coefficient (Wildman–Crippen LogP) is -0.278. The van der Waals surface area contributed by atoms with Crippen LogP contribution in [0.15, 0.2) is 30.3 Å². The molecule has 8 rings (SSSR count). The Morgan fingerprint density at radius 3 is 2.32 bits per heavy atom. The SMILES string of the molecule is CC(C)(C)OC(=O)CCC(CO)NC(=O)CCNC(=O)C12CC3OC(=O)C1N(Cc1ccc(C=CCOC4OC(CO)C(O)C(O)C4O)cc1)OC2C1OC(C2CC2)(C2CC2)OC31. The highest BCUT2D eigenvalue weighted by atomic mass is 16.8. The van der Waals surface area contributed by atoms with Crippen molar-refractivity contribution in [3.63, 3.8) is 0 Å². The molecule has 4 saturated heterocycles. The fourth-order valence-corrected chi connectivity index (χ4v) is 9.77. The number of rotatable bonds is 18. The largest absolute Gasteiger partial charge is 0.460 e. The zero-order chi connectivity index (χ0) is 44.8. The number of aliphatic hydroxyl groups excluding tert-OH is 5. The van der Waals surface area contributed by atoms with E-state index in [0.717, 1.165) is 36.8 Å². The first kappa shape index (κ1) is 45.9. The third-order valence-electron chi connectivity index (χ3n) is 13.1. The van der Waals surface area contributed by atoms with Gasteiger partial charge < -0.3 is 64.6 Å². The number of hydrogen-bond donors (Lipinski definition) is 7. The standard InChI is InChI=1S/C44H61N3O16/c1-42(2,3)60-31(51)15-14-27(21-48)46-30(50)16-17-45-41(56)43-19-28-35-36(62-44(61-35,25-10-11-25)26-12-13-26)38(43)63-47(37(43)39(55)58-28)20-24-8-6-23(7-9-24)5-4-18-57-40-34(54)33(53)32(52)29(22-49)59-40/h4-9,25-29,32-38,40,48-49,52-54H,10-22H2,1-3H3,(H,45,56)(H,46,50). The average Bonchev–Trinajstić information content (AvgIpc) is 4.20. The zero-order valence-electron chi connectivity index (χ0n) is 35.8. The van der Waals surface area contributed by atoms with Crippen molar-refractivity contribution in [1.82, 2.24) is 15.7 Å². The Hall–Kier alpha value is -3.60. The number of nitrogens with zero attached hydrogens (tertiary/aromatic N) is 1. The lowest BCUT2D eigenvalue weighted by Gasteiger charge is -2.48. The van der Waals surface area contributed by atoms with Gasteiger partial charge in [-0.15, -0.1) is 0 Å². The van der Waals surface area contributed by atoms with Gasteiger partial charge in [-0.05, 0) is 64.0 Å². The maximum atomic E-state index is 14.7. The highest BCUT2D eigenvalue weighted by molar-refractivity contribution is 5.94. The minimum atomic E-state index is -1.54. The molecule has 7 aliphatic rings. The Morgan fingerprint density at radius 1 is 0.968 bits per heavy atom. The van der Waals surface area contributed by atoms with Crippen LogP contribution in [0, 0.1) is 17.3 Å². The Labute approximate surface area is 365 Å². The van der Waals surface area contributed by atoms with E-state index < -0.39 is 114 Å². The Bertz CT molecular complexity index is 1850. The summed E-state index contributed by atoms with van der Waals surface area (Å²) in [6, 6.07) is 5.55. The molecule has 7 N–H and O–H groups in total. The predicted molar refractivity (Wildman–Crippen MR) is 216 cm³/mol. The molecular formula is C44H61N3O16. The van der Waals surface area contributed by atoms with Gasteiger partial charge in [-0.1, -0.05) is 36.4 Å². The summed E-state index contributed by atoms with van der Waals surface area (Å²) in [6.45, 7) is 4.35. The Kier molecular flexibility index (Phi) is 13.4. The summed E-state index contributed by atoms with van der Waals surface area (Å²) in [6.07, 6.45) is -2.39. The topological polar surface area (TPSA) is 261 Å². The van der Waals surface area contributed by atoms with Crippen molar-refractivity contribution in [2.45, 2.75) is 157 Å². The highest BCUT2D eigenvalue weighted by Crippen LogP contribution is 2.63. The summed E-state index contributed by atoms with van der Waals surface area (Å²) in [5.74, 6) is -2.37. The molecule has 0 radical (unpaired) electrons. The highest BCUT2D eigenvalue weighted by Gasteiger charge is 2.78. The van der Waals surface area contributed by atoms with Crippen molar-refractivity contribution in [2.24, 2.45) is 17.3 Å². The first-order valence-electron chi connectivity index (χ1n) is 22.1. The van der Waals surface area contributed by atoms with Crippen LogP contribution in [0.3, 0.4) is 0 Å². The molecule has 4 heterocycles. The van der Waals surface area contributed by atoms with Gasteiger partial charge in [0.05, 0.1) is 32.4 Å². The van der Waals surface area contributed by atoms with Crippen LogP contribution in [0.5, 0.6) is 0 Å². The van der Waals surface area contributed by atoms with Crippen LogP contribution in [-0.2, 0) is 59.0 Å². The molecule has 2 bridgehead atoms. The Balaban J connectivity index is 0.934. The number of esters is 2.